The molecule has 2 aromatic rings. The van der Waals surface area contributed by atoms with Gasteiger partial charge in [0.2, 0.25) is 0 Å². The average Bonchev–Trinajstić information content (AvgIpc) is 2.89. The standard InChI is InChI=1S/C22H28N2O4/c1-27-22(26)24-17-12-16-10-15(6-5-9-20(16)21(23)13-17)11-18(25)14-28-19-7-3-2-4-8-19/h2-4,7-8,12-13,15,18,25H,5-6,9-11,14,23H2,1H3,(H,24,26)/t15?,18-/m0/s1. The van der Waals surface area contributed by atoms with Gasteiger partial charge in [-0.05, 0) is 73.4 Å². The Balaban J connectivity index is 1.63. The number of para-hydroxylation sites is 1. The summed E-state index contributed by atoms with van der Waals surface area (Å²) in [6.45, 7) is 0.277. The van der Waals surface area contributed by atoms with Gasteiger partial charge >= 0.3 is 6.09 Å². The lowest BCUT2D eigenvalue weighted by molar-refractivity contribution is 0.0833. The number of aliphatic hydroxyl groups excluding tert-OH is 1. The highest BCUT2D eigenvalue weighted by atomic mass is 16.5. The molecule has 4 N–H and O–H groups in total. The van der Waals surface area contributed by atoms with Crippen LogP contribution in [0.2, 0.25) is 0 Å². The summed E-state index contributed by atoms with van der Waals surface area (Å²) in [5.74, 6) is 1.10. The van der Waals surface area contributed by atoms with E-state index in [0.717, 1.165) is 42.6 Å². The molecular weight excluding hydrogens is 356 g/mol. The van der Waals surface area contributed by atoms with E-state index >= 15 is 0 Å². The molecular formula is C22H28N2O4. The van der Waals surface area contributed by atoms with Crippen molar-refractivity contribution in [2.45, 2.75) is 38.2 Å². The minimum Gasteiger partial charge on any atom is -0.491 e. The third-order valence-corrected chi connectivity index (χ3v) is 5.15. The number of nitrogens with one attached hydrogen (secondary N) is 1. The molecule has 0 fully saturated rings. The number of methoxy groups -OCH3 is 1. The first-order valence-electron chi connectivity index (χ1n) is 9.67. The van der Waals surface area contributed by atoms with E-state index in [9.17, 15) is 9.90 Å². The summed E-state index contributed by atoms with van der Waals surface area (Å²) >= 11 is 0. The van der Waals surface area contributed by atoms with Crippen molar-refractivity contribution in [1.82, 2.24) is 0 Å². The quantitative estimate of drug-likeness (QED) is 0.521. The predicted molar refractivity (Wildman–Crippen MR) is 110 cm³/mol. The van der Waals surface area contributed by atoms with Crippen LogP contribution in [-0.4, -0.2) is 31.0 Å². The van der Waals surface area contributed by atoms with Crippen LogP contribution in [0, 0.1) is 5.92 Å². The van der Waals surface area contributed by atoms with Crippen LogP contribution in [0.5, 0.6) is 5.75 Å². The smallest absolute Gasteiger partial charge is 0.411 e. The van der Waals surface area contributed by atoms with Crippen LogP contribution in [0.4, 0.5) is 16.2 Å². The molecule has 6 heteroatoms. The Morgan fingerprint density at radius 3 is 2.86 bits per heavy atom. The number of benzene rings is 2. The molecule has 0 aliphatic heterocycles. The Morgan fingerprint density at radius 2 is 2.11 bits per heavy atom. The van der Waals surface area contributed by atoms with Gasteiger partial charge in [-0.3, -0.25) is 5.32 Å². The van der Waals surface area contributed by atoms with Crippen molar-refractivity contribution in [3.05, 3.63) is 53.6 Å². The zero-order chi connectivity index (χ0) is 19.9. The second-order valence-electron chi connectivity index (χ2n) is 7.30. The number of nitrogens with two attached hydrogens (primary N) is 1. The van der Waals surface area contributed by atoms with Crippen molar-refractivity contribution in [2.24, 2.45) is 5.92 Å². The summed E-state index contributed by atoms with van der Waals surface area (Å²) in [5, 5.41) is 13.1. The largest absolute Gasteiger partial charge is 0.491 e. The number of fused-ring (bicyclic) bond motifs is 1. The molecule has 0 saturated carbocycles. The van der Waals surface area contributed by atoms with E-state index in [1.807, 2.05) is 36.4 Å². The number of anilines is 2. The highest BCUT2D eigenvalue weighted by molar-refractivity contribution is 5.85. The summed E-state index contributed by atoms with van der Waals surface area (Å²) in [4.78, 5) is 11.5. The zero-order valence-corrected chi connectivity index (χ0v) is 16.2. The van der Waals surface area contributed by atoms with E-state index in [4.69, 9.17) is 10.5 Å². The molecule has 1 aliphatic rings. The van der Waals surface area contributed by atoms with Crippen molar-refractivity contribution >= 4 is 17.5 Å². The Kier molecular flexibility index (Phi) is 6.76. The topological polar surface area (TPSA) is 93.8 Å². The van der Waals surface area contributed by atoms with E-state index < -0.39 is 12.2 Å². The molecule has 0 saturated heterocycles. The van der Waals surface area contributed by atoms with Gasteiger partial charge in [-0.2, -0.15) is 0 Å². The van der Waals surface area contributed by atoms with Gasteiger partial charge < -0.3 is 20.3 Å². The highest BCUT2D eigenvalue weighted by Gasteiger charge is 2.22. The van der Waals surface area contributed by atoms with E-state index in [2.05, 4.69) is 10.1 Å². The second-order valence-corrected chi connectivity index (χ2v) is 7.30. The first-order valence-corrected chi connectivity index (χ1v) is 9.67. The summed E-state index contributed by atoms with van der Waals surface area (Å²) in [5.41, 5.74) is 9.83. The van der Waals surface area contributed by atoms with Crippen LogP contribution in [0.15, 0.2) is 42.5 Å². The Bertz CT molecular complexity index is 795. The predicted octanol–water partition coefficient (Wildman–Crippen LogP) is 3.77. The van der Waals surface area contributed by atoms with E-state index in [-0.39, 0.29) is 6.61 Å². The summed E-state index contributed by atoms with van der Waals surface area (Å²) in [6, 6.07) is 13.3. The highest BCUT2D eigenvalue weighted by Crippen LogP contribution is 2.33. The van der Waals surface area contributed by atoms with Gasteiger partial charge in [0.15, 0.2) is 0 Å². The number of amides is 1. The lowest BCUT2D eigenvalue weighted by Crippen LogP contribution is -2.22. The third-order valence-electron chi connectivity index (χ3n) is 5.15. The van der Waals surface area contributed by atoms with Crippen molar-refractivity contribution in [2.75, 3.05) is 24.8 Å². The van der Waals surface area contributed by atoms with Crippen molar-refractivity contribution < 1.29 is 19.4 Å². The lowest BCUT2D eigenvalue weighted by atomic mass is 9.91. The average molecular weight is 384 g/mol. The third kappa shape index (κ3) is 5.39. The van der Waals surface area contributed by atoms with Gasteiger partial charge in [0, 0.05) is 11.4 Å². The molecule has 1 unspecified atom stereocenters. The molecule has 0 bridgehead atoms. The van der Waals surface area contributed by atoms with Gasteiger partial charge in [0.05, 0.1) is 13.2 Å². The Labute approximate surface area is 165 Å². The van der Waals surface area contributed by atoms with Crippen molar-refractivity contribution in [3.8, 4) is 5.75 Å². The molecule has 28 heavy (non-hydrogen) atoms. The van der Waals surface area contributed by atoms with Gasteiger partial charge in [0.1, 0.15) is 12.4 Å². The monoisotopic (exact) mass is 384 g/mol. The van der Waals surface area contributed by atoms with E-state index in [1.165, 1.54) is 7.11 Å². The maximum atomic E-state index is 11.5. The van der Waals surface area contributed by atoms with Crippen molar-refractivity contribution in [3.63, 3.8) is 0 Å². The first kappa shape index (κ1) is 20.0. The molecule has 1 aliphatic carbocycles. The fourth-order valence-electron chi connectivity index (χ4n) is 3.83. The number of ether oxygens (including phenoxy) is 2. The number of hydrogen-bond donors (Lipinski definition) is 3. The van der Waals surface area contributed by atoms with Crippen LogP contribution in [0.1, 0.15) is 30.4 Å². The fraction of sp³-hybridized carbons (Fsp3) is 0.409. The van der Waals surface area contributed by atoms with Gasteiger partial charge in [-0.25, -0.2) is 4.79 Å². The van der Waals surface area contributed by atoms with Gasteiger partial charge in [-0.15, -0.1) is 0 Å². The maximum absolute atomic E-state index is 11.5. The summed E-state index contributed by atoms with van der Waals surface area (Å²) < 4.78 is 10.3. The molecule has 0 heterocycles. The number of rotatable bonds is 6. The molecule has 2 aromatic carbocycles. The van der Waals surface area contributed by atoms with Crippen LogP contribution in [-0.2, 0) is 17.6 Å². The minimum absolute atomic E-state index is 0.277. The van der Waals surface area contributed by atoms with Gasteiger partial charge in [0.25, 0.3) is 0 Å². The zero-order valence-electron chi connectivity index (χ0n) is 16.2. The summed E-state index contributed by atoms with van der Waals surface area (Å²) in [6.07, 6.45) is 3.40. The second kappa shape index (κ2) is 9.46. The molecule has 2 atom stereocenters. The normalized spacial score (nSPS) is 17.1. The molecule has 0 spiro atoms. The molecule has 0 radical (unpaired) electrons. The molecule has 150 valence electrons. The first-order chi connectivity index (χ1) is 13.5. The maximum Gasteiger partial charge on any atom is 0.411 e. The number of aliphatic hydroxyl groups is 1. The van der Waals surface area contributed by atoms with Crippen LogP contribution < -0.4 is 15.8 Å². The number of nitrogen functional groups attached to an aromatic ring is 1. The van der Waals surface area contributed by atoms with Crippen molar-refractivity contribution in [1.29, 1.82) is 0 Å². The fourth-order valence-corrected chi connectivity index (χ4v) is 3.83. The molecule has 0 aromatic heterocycles. The van der Waals surface area contributed by atoms with Gasteiger partial charge in [-0.1, -0.05) is 18.2 Å². The van der Waals surface area contributed by atoms with E-state index in [1.54, 1.807) is 6.07 Å². The Hall–Kier alpha value is -2.73. The van der Waals surface area contributed by atoms with Crippen LogP contribution in [0.3, 0.4) is 0 Å². The molecule has 1 amide bonds. The summed E-state index contributed by atoms with van der Waals surface area (Å²) in [7, 11) is 1.33. The lowest BCUT2D eigenvalue weighted by Gasteiger charge is -2.20. The molecule has 6 nitrogen and oxygen atoms in total. The molecule has 3 rings (SSSR count). The van der Waals surface area contributed by atoms with Crippen LogP contribution >= 0.6 is 0 Å². The number of hydrogen-bond acceptors (Lipinski definition) is 5. The number of carbonyl (C=O) groups is 1. The number of carbonyl (C=O) groups excluding carboxylic acids is 1. The van der Waals surface area contributed by atoms with E-state index in [0.29, 0.717) is 23.7 Å². The minimum atomic E-state index is -0.527. The van der Waals surface area contributed by atoms with Crippen LogP contribution in [0.25, 0.3) is 0 Å². The Morgan fingerprint density at radius 1 is 1.32 bits per heavy atom. The SMILES string of the molecule is COC(=O)Nc1cc(N)c2c(c1)CC(C[C@H](O)COc1ccccc1)CCC2.